The Morgan fingerprint density at radius 3 is 2.75 bits per heavy atom. The molecule has 0 fully saturated rings. The third kappa shape index (κ3) is 3.41. The Morgan fingerprint density at radius 2 is 2.10 bits per heavy atom. The first kappa shape index (κ1) is 14.6. The van der Waals surface area contributed by atoms with Crippen LogP contribution in [0.25, 0.3) is 11.0 Å². The Morgan fingerprint density at radius 1 is 1.40 bits per heavy atom. The van der Waals surface area contributed by atoms with Crippen LogP contribution < -0.4 is 5.56 Å². The summed E-state index contributed by atoms with van der Waals surface area (Å²) in [5.74, 6) is -0.490. The van der Waals surface area contributed by atoms with Gasteiger partial charge in [0.1, 0.15) is 16.7 Å². The molecular weight excluding hydrogens is 326 g/mol. The number of nitrogens with zero attached hydrogens (tertiary/aromatic N) is 3. The molecule has 0 unspecified atom stereocenters. The SMILES string of the molecule is CC(C)(C)OC(=O)Cn1cnc2ccc(Br)nc2c1=O. The number of aromatic nitrogens is 3. The van der Waals surface area contributed by atoms with Gasteiger partial charge < -0.3 is 4.74 Å². The summed E-state index contributed by atoms with van der Waals surface area (Å²) >= 11 is 3.20. The van der Waals surface area contributed by atoms with E-state index in [1.54, 1.807) is 32.9 Å². The third-order valence-corrected chi connectivity index (χ3v) is 2.80. The molecule has 6 nitrogen and oxygen atoms in total. The summed E-state index contributed by atoms with van der Waals surface area (Å²) in [6.45, 7) is 5.12. The monoisotopic (exact) mass is 339 g/mol. The zero-order valence-electron chi connectivity index (χ0n) is 11.4. The van der Waals surface area contributed by atoms with Gasteiger partial charge >= 0.3 is 5.97 Å². The van der Waals surface area contributed by atoms with E-state index in [9.17, 15) is 9.59 Å². The molecule has 2 heterocycles. The van der Waals surface area contributed by atoms with Crippen LogP contribution in [0.15, 0.2) is 27.9 Å². The van der Waals surface area contributed by atoms with Gasteiger partial charge in [-0.1, -0.05) is 0 Å². The molecule has 20 heavy (non-hydrogen) atoms. The van der Waals surface area contributed by atoms with E-state index in [4.69, 9.17) is 4.74 Å². The van der Waals surface area contributed by atoms with Crippen LogP contribution in [0.3, 0.4) is 0 Å². The van der Waals surface area contributed by atoms with Gasteiger partial charge in [0, 0.05) is 0 Å². The zero-order valence-corrected chi connectivity index (χ0v) is 13.0. The number of ether oxygens (including phenoxy) is 1. The van der Waals surface area contributed by atoms with Crippen molar-refractivity contribution in [2.24, 2.45) is 0 Å². The zero-order chi connectivity index (χ0) is 14.9. The van der Waals surface area contributed by atoms with Crippen LogP contribution in [0, 0.1) is 0 Å². The average Bonchev–Trinajstić information content (AvgIpc) is 2.31. The molecule has 0 aromatic carbocycles. The Kier molecular flexibility index (Phi) is 3.89. The first-order chi connectivity index (χ1) is 9.26. The Labute approximate surface area is 123 Å². The number of hydrogen-bond donors (Lipinski definition) is 0. The fraction of sp³-hybridized carbons (Fsp3) is 0.385. The van der Waals surface area contributed by atoms with Gasteiger partial charge in [-0.2, -0.15) is 0 Å². The van der Waals surface area contributed by atoms with E-state index >= 15 is 0 Å². The quantitative estimate of drug-likeness (QED) is 0.617. The van der Waals surface area contributed by atoms with Crippen LogP contribution in [0.1, 0.15) is 20.8 Å². The van der Waals surface area contributed by atoms with E-state index in [2.05, 4.69) is 25.9 Å². The van der Waals surface area contributed by atoms with Crippen molar-refractivity contribution in [2.75, 3.05) is 0 Å². The Hall–Kier alpha value is -1.76. The van der Waals surface area contributed by atoms with Gasteiger partial charge in [0.15, 0.2) is 5.52 Å². The lowest BCUT2D eigenvalue weighted by atomic mass is 10.2. The minimum absolute atomic E-state index is 0.187. The van der Waals surface area contributed by atoms with Crippen LogP contribution in [0.2, 0.25) is 0 Å². The number of halogens is 1. The summed E-state index contributed by atoms with van der Waals surface area (Å²) in [6, 6.07) is 3.39. The van der Waals surface area contributed by atoms with Crippen LogP contribution in [0.5, 0.6) is 0 Å². The minimum atomic E-state index is -0.591. The van der Waals surface area contributed by atoms with Gasteiger partial charge in [0.25, 0.3) is 5.56 Å². The molecule has 0 bridgehead atoms. The van der Waals surface area contributed by atoms with Crippen molar-refractivity contribution in [3.63, 3.8) is 0 Å². The average molecular weight is 340 g/mol. The van der Waals surface area contributed by atoms with E-state index in [0.717, 1.165) is 0 Å². The summed E-state index contributed by atoms with van der Waals surface area (Å²) in [4.78, 5) is 32.1. The van der Waals surface area contributed by atoms with Gasteiger partial charge in [0.05, 0.1) is 11.8 Å². The first-order valence-electron chi connectivity index (χ1n) is 6.00. The van der Waals surface area contributed by atoms with Crippen molar-refractivity contribution >= 4 is 32.9 Å². The second-order valence-corrected chi connectivity index (χ2v) is 6.08. The van der Waals surface area contributed by atoms with Crippen LogP contribution in [-0.4, -0.2) is 26.1 Å². The van der Waals surface area contributed by atoms with Crippen molar-refractivity contribution in [3.05, 3.63) is 33.4 Å². The van der Waals surface area contributed by atoms with Gasteiger partial charge in [-0.05, 0) is 48.8 Å². The first-order valence-corrected chi connectivity index (χ1v) is 6.79. The number of rotatable bonds is 2. The highest BCUT2D eigenvalue weighted by molar-refractivity contribution is 9.10. The second-order valence-electron chi connectivity index (χ2n) is 5.27. The molecule has 2 rings (SSSR count). The minimum Gasteiger partial charge on any atom is -0.459 e. The molecule has 0 aliphatic rings. The van der Waals surface area contributed by atoms with E-state index in [0.29, 0.717) is 10.1 Å². The topological polar surface area (TPSA) is 74.1 Å². The van der Waals surface area contributed by atoms with Crippen LogP contribution in [-0.2, 0) is 16.1 Å². The number of pyridine rings is 1. The maximum atomic E-state index is 12.2. The molecule has 106 valence electrons. The molecular formula is C13H14BrN3O3. The third-order valence-electron chi connectivity index (χ3n) is 2.36. The molecule has 0 amide bonds. The van der Waals surface area contributed by atoms with Gasteiger partial charge in [-0.25, -0.2) is 9.97 Å². The summed E-state index contributed by atoms with van der Waals surface area (Å²) in [7, 11) is 0. The molecule has 7 heteroatoms. The van der Waals surface area contributed by atoms with Crippen molar-refractivity contribution < 1.29 is 9.53 Å². The van der Waals surface area contributed by atoms with Crippen molar-refractivity contribution in [2.45, 2.75) is 32.9 Å². The number of fused-ring (bicyclic) bond motifs is 1. The maximum absolute atomic E-state index is 12.2. The van der Waals surface area contributed by atoms with Crippen molar-refractivity contribution in [1.82, 2.24) is 14.5 Å². The van der Waals surface area contributed by atoms with Gasteiger partial charge in [0.2, 0.25) is 0 Å². The van der Waals surface area contributed by atoms with Crippen molar-refractivity contribution in [1.29, 1.82) is 0 Å². The van der Waals surface area contributed by atoms with Gasteiger partial charge in [-0.15, -0.1) is 0 Å². The molecule has 0 saturated heterocycles. The smallest absolute Gasteiger partial charge is 0.326 e. The highest BCUT2D eigenvalue weighted by Gasteiger charge is 2.17. The normalized spacial score (nSPS) is 11.6. The maximum Gasteiger partial charge on any atom is 0.326 e. The van der Waals surface area contributed by atoms with E-state index in [1.165, 1.54) is 10.9 Å². The van der Waals surface area contributed by atoms with E-state index < -0.39 is 11.6 Å². The summed E-state index contributed by atoms with van der Waals surface area (Å²) in [6.07, 6.45) is 1.32. The molecule has 0 aliphatic heterocycles. The molecule has 0 N–H and O–H groups in total. The summed E-state index contributed by atoms with van der Waals surface area (Å²) in [5, 5.41) is 0. The van der Waals surface area contributed by atoms with E-state index in [-0.39, 0.29) is 17.6 Å². The van der Waals surface area contributed by atoms with E-state index in [1.807, 2.05) is 0 Å². The number of carbonyl (C=O) groups excluding carboxylic acids is 1. The Balaban J connectivity index is 2.34. The molecule has 0 spiro atoms. The molecule has 0 aliphatic carbocycles. The second kappa shape index (κ2) is 5.32. The number of esters is 1. The largest absolute Gasteiger partial charge is 0.459 e. The molecule has 0 saturated carbocycles. The fourth-order valence-corrected chi connectivity index (χ4v) is 1.94. The predicted molar refractivity (Wildman–Crippen MR) is 77.3 cm³/mol. The standard InChI is InChI=1S/C13H14BrN3O3/c1-13(2,3)20-10(18)6-17-7-15-8-4-5-9(14)16-11(8)12(17)19/h4-5,7H,6H2,1-3H3. The lowest BCUT2D eigenvalue weighted by Gasteiger charge is -2.19. The fourth-order valence-electron chi connectivity index (χ4n) is 1.64. The van der Waals surface area contributed by atoms with Crippen molar-refractivity contribution in [3.8, 4) is 0 Å². The Bertz CT molecular complexity index is 719. The summed E-state index contributed by atoms with van der Waals surface area (Å²) in [5.41, 5.74) is -0.266. The molecule has 0 atom stereocenters. The summed E-state index contributed by atoms with van der Waals surface area (Å²) < 4.78 is 6.91. The lowest BCUT2D eigenvalue weighted by Crippen LogP contribution is -2.30. The van der Waals surface area contributed by atoms with Crippen LogP contribution >= 0.6 is 15.9 Å². The number of hydrogen-bond acceptors (Lipinski definition) is 5. The highest BCUT2D eigenvalue weighted by atomic mass is 79.9. The number of carbonyl (C=O) groups is 1. The highest BCUT2D eigenvalue weighted by Crippen LogP contribution is 2.11. The lowest BCUT2D eigenvalue weighted by molar-refractivity contribution is -0.155. The van der Waals surface area contributed by atoms with Gasteiger partial charge in [-0.3, -0.25) is 14.2 Å². The van der Waals surface area contributed by atoms with Crippen LogP contribution in [0.4, 0.5) is 0 Å². The molecule has 2 aromatic heterocycles. The molecule has 2 aromatic rings. The predicted octanol–water partition coefficient (Wildman–Crippen LogP) is 1.90. The molecule has 0 radical (unpaired) electrons.